The van der Waals surface area contributed by atoms with E-state index in [4.69, 9.17) is 13.8 Å². The Labute approximate surface area is 325 Å². The molecule has 0 aliphatic rings. The Morgan fingerprint density at radius 1 is 0.411 bits per heavy atom. The molecule has 56 heavy (non-hydrogen) atoms. The number of fused-ring (bicyclic) bond motifs is 11. The number of anilines is 3. The van der Waals surface area contributed by atoms with Crippen molar-refractivity contribution in [2.24, 2.45) is 0 Å². The monoisotopic (exact) mass is 734 g/mol. The van der Waals surface area contributed by atoms with E-state index in [0.717, 1.165) is 82.8 Å². The van der Waals surface area contributed by atoms with Crippen molar-refractivity contribution < 1.29 is 8.83 Å². The molecule has 0 aliphatic heterocycles. The van der Waals surface area contributed by atoms with Crippen molar-refractivity contribution in [1.82, 2.24) is 4.98 Å². The normalized spacial score (nSPS) is 11.9. The minimum atomic E-state index is 0.610. The van der Waals surface area contributed by atoms with Gasteiger partial charge in [0.15, 0.2) is 5.58 Å². The number of thiophene rings is 1. The molecule has 4 nitrogen and oxygen atoms in total. The van der Waals surface area contributed by atoms with Gasteiger partial charge in [-0.25, -0.2) is 4.98 Å². The fraction of sp³-hybridized carbons (Fsp3) is 0. The van der Waals surface area contributed by atoms with Gasteiger partial charge in [0.2, 0.25) is 5.89 Å². The fourth-order valence-electron chi connectivity index (χ4n) is 8.36. The molecule has 0 fully saturated rings. The van der Waals surface area contributed by atoms with Gasteiger partial charge in [-0.3, -0.25) is 0 Å². The lowest BCUT2D eigenvalue weighted by Gasteiger charge is -2.26. The van der Waals surface area contributed by atoms with Crippen LogP contribution in [0, 0.1) is 0 Å². The third-order valence-electron chi connectivity index (χ3n) is 11.1. The summed E-state index contributed by atoms with van der Waals surface area (Å²) in [6, 6.07) is 64.5. The van der Waals surface area contributed by atoms with Crippen molar-refractivity contribution in [2.45, 2.75) is 0 Å². The number of furan rings is 1. The molecule has 0 amide bonds. The Kier molecular flexibility index (Phi) is 6.76. The van der Waals surface area contributed by atoms with Gasteiger partial charge in [0.05, 0.1) is 0 Å². The van der Waals surface area contributed by atoms with E-state index in [0.29, 0.717) is 5.89 Å². The number of nitrogens with zero attached hydrogens (tertiary/aromatic N) is 2. The molecule has 12 rings (SSSR count). The van der Waals surface area contributed by atoms with Crippen molar-refractivity contribution in [3.8, 4) is 22.6 Å². The molecule has 0 N–H and O–H groups in total. The first-order chi connectivity index (χ1) is 27.7. The molecule has 262 valence electrons. The van der Waals surface area contributed by atoms with Crippen LogP contribution in [0.4, 0.5) is 17.1 Å². The first-order valence-electron chi connectivity index (χ1n) is 18.8. The van der Waals surface area contributed by atoms with Crippen LogP contribution in [-0.2, 0) is 0 Å². The summed E-state index contributed by atoms with van der Waals surface area (Å²) in [7, 11) is 0. The van der Waals surface area contributed by atoms with Crippen LogP contribution in [0.5, 0.6) is 0 Å². The molecule has 3 heterocycles. The lowest BCUT2D eigenvalue weighted by atomic mass is 10.00. The molecule has 0 unspecified atom stereocenters. The van der Waals surface area contributed by atoms with Crippen LogP contribution in [-0.4, -0.2) is 4.98 Å². The molecule has 0 spiro atoms. The number of para-hydroxylation sites is 1. The maximum atomic E-state index is 6.71. The van der Waals surface area contributed by atoms with E-state index in [-0.39, 0.29) is 0 Å². The number of benzene rings is 9. The van der Waals surface area contributed by atoms with Gasteiger partial charge in [0, 0.05) is 59.0 Å². The quantitative estimate of drug-likeness (QED) is 0.165. The third-order valence-corrected chi connectivity index (χ3v) is 12.2. The van der Waals surface area contributed by atoms with Crippen LogP contribution in [0.3, 0.4) is 0 Å². The molecule has 0 saturated heterocycles. The van der Waals surface area contributed by atoms with Gasteiger partial charge >= 0.3 is 0 Å². The van der Waals surface area contributed by atoms with Gasteiger partial charge in [-0.1, -0.05) is 109 Å². The largest absolute Gasteiger partial charge is 0.456 e. The number of aromatic nitrogens is 1. The van der Waals surface area contributed by atoms with Crippen LogP contribution < -0.4 is 4.90 Å². The lowest BCUT2D eigenvalue weighted by Crippen LogP contribution is -2.09. The Bertz CT molecular complexity index is 3490. The average molecular weight is 735 g/mol. The standard InChI is InChI=1S/C51H30N2O2S/c1-2-8-31(9-3-1)32-14-18-35(19-15-32)51-52-44-26-21-34-17-16-33-20-22-36(28-42(33)49(34)50(44)55-51)53(37-24-27-46-43(29-37)39-10-4-6-12-45(39)54-46)38-23-25-41-40-11-5-7-13-47(40)56-48(41)30-38/h1-30H. The smallest absolute Gasteiger partial charge is 0.227 e. The molecule has 9 aromatic carbocycles. The molecule has 0 saturated carbocycles. The summed E-state index contributed by atoms with van der Waals surface area (Å²) >= 11 is 1.83. The number of rotatable bonds is 5. The zero-order valence-electron chi connectivity index (χ0n) is 29.9. The first kappa shape index (κ1) is 31.2. The van der Waals surface area contributed by atoms with Crippen molar-refractivity contribution in [3.63, 3.8) is 0 Å². The average Bonchev–Trinajstić information content (AvgIpc) is 3.97. The molecule has 5 heteroatoms. The third kappa shape index (κ3) is 4.88. The number of hydrogen-bond acceptors (Lipinski definition) is 5. The second-order valence-corrected chi connectivity index (χ2v) is 15.4. The predicted octanol–water partition coefficient (Wildman–Crippen LogP) is 15.2. The second kappa shape index (κ2) is 12.2. The van der Waals surface area contributed by atoms with Gasteiger partial charge < -0.3 is 13.7 Å². The van der Waals surface area contributed by atoms with E-state index in [1.807, 2.05) is 29.5 Å². The summed E-state index contributed by atoms with van der Waals surface area (Å²) in [6.45, 7) is 0. The van der Waals surface area contributed by atoms with Crippen LogP contribution in [0.15, 0.2) is 191 Å². The summed E-state index contributed by atoms with van der Waals surface area (Å²) in [5, 5.41) is 9.15. The summed E-state index contributed by atoms with van der Waals surface area (Å²) in [4.78, 5) is 7.37. The molecule has 0 aliphatic carbocycles. The van der Waals surface area contributed by atoms with Gasteiger partial charge in [-0.2, -0.15) is 0 Å². The van der Waals surface area contributed by atoms with Crippen molar-refractivity contribution in [3.05, 3.63) is 182 Å². The second-order valence-electron chi connectivity index (χ2n) is 14.3. The van der Waals surface area contributed by atoms with E-state index in [9.17, 15) is 0 Å². The zero-order valence-corrected chi connectivity index (χ0v) is 30.8. The van der Waals surface area contributed by atoms with Crippen LogP contribution in [0.2, 0.25) is 0 Å². The fourth-order valence-corrected chi connectivity index (χ4v) is 9.50. The molecule has 12 aromatic rings. The molecule has 0 atom stereocenters. The maximum absolute atomic E-state index is 6.71. The van der Waals surface area contributed by atoms with E-state index in [1.165, 1.54) is 25.7 Å². The predicted molar refractivity (Wildman–Crippen MR) is 235 cm³/mol. The minimum absolute atomic E-state index is 0.610. The molecule has 3 aromatic heterocycles. The van der Waals surface area contributed by atoms with E-state index < -0.39 is 0 Å². The van der Waals surface area contributed by atoms with Crippen LogP contribution in [0.25, 0.3) is 97.3 Å². The number of hydrogen-bond donors (Lipinski definition) is 0. The Hall–Kier alpha value is -7.21. The van der Waals surface area contributed by atoms with Crippen molar-refractivity contribution in [2.75, 3.05) is 4.90 Å². The van der Waals surface area contributed by atoms with Gasteiger partial charge in [-0.05, 0) is 100 Å². The SMILES string of the molecule is c1ccc(-c2ccc(-c3nc4ccc5ccc6ccc(N(c7ccc8c(c7)sc7ccccc78)c7ccc8oc9ccccc9c8c7)cc6c5c4o3)cc2)cc1. The number of oxazole rings is 1. The molecular formula is C51H30N2O2S. The highest BCUT2D eigenvalue weighted by Crippen LogP contribution is 2.44. The van der Waals surface area contributed by atoms with E-state index in [2.05, 4.69) is 169 Å². The maximum Gasteiger partial charge on any atom is 0.227 e. The summed E-state index contributed by atoms with van der Waals surface area (Å²) in [6.07, 6.45) is 0. The first-order valence-corrected chi connectivity index (χ1v) is 19.6. The van der Waals surface area contributed by atoms with Crippen molar-refractivity contribution in [1.29, 1.82) is 0 Å². The van der Waals surface area contributed by atoms with Gasteiger partial charge in [-0.15, -0.1) is 11.3 Å². The van der Waals surface area contributed by atoms with Gasteiger partial charge in [0.25, 0.3) is 0 Å². The highest BCUT2D eigenvalue weighted by molar-refractivity contribution is 7.25. The minimum Gasteiger partial charge on any atom is -0.456 e. The van der Waals surface area contributed by atoms with Crippen molar-refractivity contribution >= 4 is 103 Å². The van der Waals surface area contributed by atoms with Gasteiger partial charge in [0.1, 0.15) is 16.7 Å². The molecular weight excluding hydrogens is 705 g/mol. The van der Waals surface area contributed by atoms with E-state index >= 15 is 0 Å². The van der Waals surface area contributed by atoms with Crippen LogP contribution in [0.1, 0.15) is 0 Å². The molecule has 0 radical (unpaired) electrons. The Morgan fingerprint density at radius 3 is 1.93 bits per heavy atom. The Balaban J connectivity index is 1.05. The highest BCUT2D eigenvalue weighted by atomic mass is 32.1. The topological polar surface area (TPSA) is 42.4 Å². The summed E-state index contributed by atoms with van der Waals surface area (Å²) in [5.41, 5.74) is 9.85. The summed E-state index contributed by atoms with van der Waals surface area (Å²) in [5.74, 6) is 0.610. The Morgan fingerprint density at radius 2 is 1.04 bits per heavy atom. The summed E-state index contributed by atoms with van der Waals surface area (Å²) < 4.78 is 15.5. The van der Waals surface area contributed by atoms with Crippen LogP contribution >= 0.6 is 11.3 Å². The zero-order chi connectivity index (χ0) is 36.7. The molecule has 0 bridgehead atoms. The lowest BCUT2D eigenvalue weighted by molar-refractivity contribution is 0.623. The van der Waals surface area contributed by atoms with E-state index in [1.54, 1.807) is 0 Å². The highest BCUT2D eigenvalue weighted by Gasteiger charge is 2.20.